The fourth-order valence-corrected chi connectivity index (χ4v) is 1.72. The lowest BCUT2D eigenvalue weighted by atomic mass is 10.2. The number of hydrogen-bond acceptors (Lipinski definition) is 2. The molecule has 0 spiro atoms. The van der Waals surface area contributed by atoms with Gasteiger partial charge < -0.3 is 4.74 Å². The number of hydrogen-bond donors (Lipinski definition) is 0. The van der Waals surface area contributed by atoms with Gasteiger partial charge in [-0.15, -0.1) is 0 Å². The number of aromatic nitrogens is 2. The molecule has 3 nitrogen and oxygen atoms in total. The van der Waals surface area contributed by atoms with Gasteiger partial charge >= 0.3 is 0 Å². The first kappa shape index (κ1) is 9.90. The molecule has 0 radical (unpaired) electrons. The molecule has 0 amide bonds. The number of fused-ring (bicyclic) bond motifs is 1. The van der Waals surface area contributed by atoms with E-state index < -0.39 is 0 Å². The predicted octanol–water partition coefficient (Wildman–Crippen LogP) is 2.91. The summed E-state index contributed by atoms with van der Waals surface area (Å²) in [6.07, 6.45) is 3.66. The quantitative estimate of drug-likeness (QED) is 0.683. The van der Waals surface area contributed by atoms with Crippen LogP contribution in [0.5, 0.6) is 5.75 Å². The molecule has 1 aromatic carbocycles. The summed E-state index contributed by atoms with van der Waals surface area (Å²) in [4.78, 5) is 0. The van der Waals surface area contributed by atoms with Crippen LogP contribution in [0.15, 0.2) is 60.9 Å². The van der Waals surface area contributed by atoms with Gasteiger partial charge in [0.15, 0.2) is 0 Å². The second kappa shape index (κ2) is 4.29. The van der Waals surface area contributed by atoms with E-state index in [1.54, 1.807) is 10.7 Å². The highest BCUT2D eigenvalue weighted by Crippen LogP contribution is 2.14. The van der Waals surface area contributed by atoms with E-state index in [1.165, 1.54) is 0 Å². The Morgan fingerprint density at radius 2 is 1.88 bits per heavy atom. The van der Waals surface area contributed by atoms with Crippen molar-refractivity contribution in [3.8, 4) is 5.75 Å². The highest BCUT2D eigenvalue weighted by Gasteiger charge is 1.98. The van der Waals surface area contributed by atoms with Gasteiger partial charge in [-0.3, -0.25) is 0 Å². The van der Waals surface area contributed by atoms with Crippen molar-refractivity contribution < 1.29 is 4.74 Å². The molecular weight excluding hydrogens is 212 g/mol. The monoisotopic (exact) mass is 224 g/mol. The van der Waals surface area contributed by atoms with Crippen molar-refractivity contribution >= 4 is 5.52 Å². The maximum absolute atomic E-state index is 5.71. The zero-order valence-electron chi connectivity index (χ0n) is 9.28. The summed E-state index contributed by atoms with van der Waals surface area (Å²) in [5.41, 5.74) is 2.23. The van der Waals surface area contributed by atoms with Crippen molar-refractivity contribution in [2.45, 2.75) is 6.61 Å². The topological polar surface area (TPSA) is 26.5 Å². The highest BCUT2D eigenvalue weighted by molar-refractivity contribution is 5.47. The minimum Gasteiger partial charge on any atom is -0.487 e. The third kappa shape index (κ3) is 2.13. The number of rotatable bonds is 3. The Labute approximate surface area is 99.3 Å². The number of ether oxygens (including phenoxy) is 1. The molecule has 0 bridgehead atoms. The van der Waals surface area contributed by atoms with Crippen LogP contribution in [0.1, 0.15) is 5.56 Å². The molecule has 3 rings (SSSR count). The molecule has 0 atom stereocenters. The molecule has 0 aliphatic heterocycles. The molecule has 0 fully saturated rings. The minimum atomic E-state index is 0.577. The van der Waals surface area contributed by atoms with Crippen molar-refractivity contribution in [3.63, 3.8) is 0 Å². The fourth-order valence-electron chi connectivity index (χ4n) is 1.72. The van der Waals surface area contributed by atoms with E-state index in [-0.39, 0.29) is 0 Å². The first-order chi connectivity index (χ1) is 8.42. The lowest BCUT2D eigenvalue weighted by Gasteiger charge is -2.06. The SMILES string of the molecule is c1ccc(COc2ccc3ccnn3c2)cc1. The van der Waals surface area contributed by atoms with Crippen molar-refractivity contribution in [1.82, 2.24) is 9.61 Å². The van der Waals surface area contributed by atoms with Crippen LogP contribution in [0.4, 0.5) is 0 Å². The molecule has 0 unspecified atom stereocenters. The maximum atomic E-state index is 5.71. The summed E-state index contributed by atoms with van der Waals surface area (Å²) >= 11 is 0. The molecule has 0 aliphatic carbocycles. The molecular formula is C14H12N2O. The van der Waals surface area contributed by atoms with Crippen LogP contribution in [-0.2, 0) is 6.61 Å². The zero-order chi connectivity index (χ0) is 11.5. The van der Waals surface area contributed by atoms with Crippen LogP contribution in [0.25, 0.3) is 5.52 Å². The van der Waals surface area contributed by atoms with E-state index >= 15 is 0 Å². The molecule has 0 N–H and O–H groups in total. The molecule has 3 aromatic rings. The second-order valence-electron chi connectivity index (χ2n) is 3.84. The Hall–Kier alpha value is -2.29. The summed E-state index contributed by atoms with van der Waals surface area (Å²) in [6.45, 7) is 0.577. The Morgan fingerprint density at radius 3 is 2.76 bits per heavy atom. The van der Waals surface area contributed by atoms with Crippen LogP contribution >= 0.6 is 0 Å². The van der Waals surface area contributed by atoms with E-state index in [1.807, 2.05) is 54.7 Å². The summed E-state index contributed by atoms with van der Waals surface area (Å²) in [5.74, 6) is 0.824. The van der Waals surface area contributed by atoms with Gasteiger partial charge in [-0.2, -0.15) is 5.10 Å². The summed E-state index contributed by atoms with van der Waals surface area (Å²) in [6, 6.07) is 16.0. The van der Waals surface area contributed by atoms with Gasteiger partial charge in [-0.05, 0) is 23.8 Å². The number of pyridine rings is 1. The third-order valence-corrected chi connectivity index (χ3v) is 2.62. The zero-order valence-corrected chi connectivity index (χ0v) is 9.28. The molecule has 2 aromatic heterocycles. The van der Waals surface area contributed by atoms with Gasteiger partial charge in [0.05, 0.1) is 11.7 Å². The van der Waals surface area contributed by atoms with Gasteiger partial charge in [0.2, 0.25) is 0 Å². The fraction of sp³-hybridized carbons (Fsp3) is 0.0714. The molecule has 0 saturated heterocycles. The lowest BCUT2D eigenvalue weighted by molar-refractivity contribution is 0.304. The van der Waals surface area contributed by atoms with Gasteiger partial charge in [0.25, 0.3) is 0 Å². The molecule has 3 heteroatoms. The molecule has 2 heterocycles. The number of nitrogens with zero attached hydrogens (tertiary/aromatic N) is 2. The van der Waals surface area contributed by atoms with E-state index in [0.717, 1.165) is 16.8 Å². The van der Waals surface area contributed by atoms with E-state index in [0.29, 0.717) is 6.61 Å². The molecule has 17 heavy (non-hydrogen) atoms. The maximum Gasteiger partial charge on any atom is 0.138 e. The Balaban J connectivity index is 1.76. The predicted molar refractivity (Wildman–Crippen MR) is 66.0 cm³/mol. The van der Waals surface area contributed by atoms with Gasteiger partial charge in [0.1, 0.15) is 12.4 Å². The van der Waals surface area contributed by atoms with Crippen LogP contribution in [0, 0.1) is 0 Å². The van der Waals surface area contributed by atoms with Crippen LogP contribution in [0.2, 0.25) is 0 Å². The largest absolute Gasteiger partial charge is 0.487 e. The first-order valence-electron chi connectivity index (χ1n) is 5.52. The van der Waals surface area contributed by atoms with Gasteiger partial charge in [-0.25, -0.2) is 4.52 Å². The average Bonchev–Trinajstić information content (AvgIpc) is 2.85. The van der Waals surface area contributed by atoms with Gasteiger partial charge in [0, 0.05) is 6.20 Å². The Morgan fingerprint density at radius 1 is 1.00 bits per heavy atom. The molecule has 0 aliphatic rings. The normalized spacial score (nSPS) is 10.6. The summed E-state index contributed by atoms with van der Waals surface area (Å²) in [7, 11) is 0. The van der Waals surface area contributed by atoms with Crippen molar-refractivity contribution in [3.05, 3.63) is 66.5 Å². The molecule has 84 valence electrons. The Bertz CT molecular complexity index is 616. The van der Waals surface area contributed by atoms with Crippen molar-refractivity contribution in [2.24, 2.45) is 0 Å². The Kier molecular flexibility index (Phi) is 2.50. The summed E-state index contributed by atoms with van der Waals surface area (Å²) in [5, 5.41) is 4.17. The van der Waals surface area contributed by atoms with Gasteiger partial charge in [-0.1, -0.05) is 30.3 Å². The molecule has 0 saturated carbocycles. The van der Waals surface area contributed by atoms with Crippen LogP contribution < -0.4 is 4.74 Å². The third-order valence-electron chi connectivity index (χ3n) is 2.62. The van der Waals surface area contributed by atoms with E-state index in [4.69, 9.17) is 4.74 Å². The summed E-state index contributed by atoms with van der Waals surface area (Å²) < 4.78 is 7.51. The lowest BCUT2D eigenvalue weighted by Crippen LogP contribution is -1.96. The van der Waals surface area contributed by atoms with Crippen LogP contribution in [0.3, 0.4) is 0 Å². The minimum absolute atomic E-state index is 0.577. The number of benzene rings is 1. The van der Waals surface area contributed by atoms with E-state index in [2.05, 4.69) is 5.10 Å². The highest BCUT2D eigenvalue weighted by atomic mass is 16.5. The van der Waals surface area contributed by atoms with Crippen LogP contribution in [-0.4, -0.2) is 9.61 Å². The smallest absolute Gasteiger partial charge is 0.138 e. The van der Waals surface area contributed by atoms with Crippen molar-refractivity contribution in [2.75, 3.05) is 0 Å². The van der Waals surface area contributed by atoms with E-state index in [9.17, 15) is 0 Å². The van der Waals surface area contributed by atoms with Crippen molar-refractivity contribution in [1.29, 1.82) is 0 Å². The standard InChI is InChI=1S/C14H12N2O/c1-2-4-12(5-3-1)11-17-14-7-6-13-8-9-15-16(13)10-14/h1-10H,11H2. The second-order valence-corrected chi connectivity index (χ2v) is 3.84. The average molecular weight is 224 g/mol. The first-order valence-corrected chi connectivity index (χ1v) is 5.52.